The molecule has 0 spiro atoms. The zero-order chi connectivity index (χ0) is 13.7. The maximum Gasteiger partial charge on any atom is 0.319 e. The minimum Gasteiger partial charge on any atom is -0.388 e. The zero-order valence-electron chi connectivity index (χ0n) is 10.5. The van der Waals surface area contributed by atoms with Gasteiger partial charge in [0.2, 0.25) is 0 Å². The molecule has 6 heteroatoms. The molecule has 1 aliphatic heterocycles. The monoisotopic (exact) mass is 328 g/mol. The van der Waals surface area contributed by atoms with Crippen LogP contribution in [0.2, 0.25) is 0 Å². The van der Waals surface area contributed by atoms with Crippen molar-refractivity contribution in [2.75, 3.05) is 25.1 Å². The molecular formula is C13H17BrN2O3. The Morgan fingerprint density at radius 1 is 1.32 bits per heavy atom. The second kappa shape index (κ2) is 6.36. The van der Waals surface area contributed by atoms with Crippen LogP contribution >= 0.6 is 15.9 Å². The van der Waals surface area contributed by atoms with E-state index in [1.165, 1.54) is 0 Å². The smallest absolute Gasteiger partial charge is 0.319 e. The highest BCUT2D eigenvalue weighted by Crippen LogP contribution is 2.19. The summed E-state index contributed by atoms with van der Waals surface area (Å²) in [4.78, 5) is 11.7. The molecule has 1 aromatic rings. The first kappa shape index (κ1) is 14.3. The van der Waals surface area contributed by atoms with E-state index in [-0.39, 0.29) is 12.6 Å². The van der Waals surface area contributed by atoms with E-state index in [4.69, 9.17) is 4.74 Å². The van der Waals surface area contributed by atoms with Crippen molar-refractivity contribution in [1.82, 2.24) is 5.32 Å². The average molecular weight is 329 g/mol. The van der Waals surface area contributed by atoms with Crippen molar-refractivity contribution >= 4 is 27.6 Å². The van der Waals surface area contributed by atoms with Gasteiger partial charge in [-0.1, -0.05) is 15.9 Å². The van der Waals surface area contributed by atoms with E-state index in [2.05, 4.69) is 26.6 Å². The highest BCUT2D eigenvalue weighted by molar-refractivity contribution is 9.10. The van der Waals surface area contributed by atoms with Crippen LogP contribution in [0.1, 0.15) is 12.8 Å². The number of rotatable bonds is 3. The largest absolute Gasteiger partial charge is 0.388 e. The van der Waals surface area contributed by atoms with Crippen molar-refractivity contribution in [3.05, 3.63) is 28.7 Å². The molecule has 19 heavy (non-hydrogen) atoms. The van der Waals surface area contributed by atoms with Crippen molar-refractivity contribution in [2.45, 2.75) is 18.4 Å². The van der Waals surface area contributed by atoms with Crippen LogP contribution in [0.4, 0.5) is 10.5 Å². The van der Waals surface area contributed by atoms with Gasteiger partial charge in [-0.3, -0.25) is 0 Å². The van der Waals surface area contributed by atoms with E-state index in [1.54, 1.807) is 12.1 Å². The molecule has 0 atom stereocenters. The third kappa shape index (κ3) is 4.49. The van der Waals surface area contributed by atoms with Gasteiger partial charge in [-0.05, 0) is 24.3 Å². The molecule has 5 nitrogen and oxygen atoms in total. The Morgan fingerprint density at radius 2 is 1.95 bits per heavy atom. The number of benzene rings is 1. The Morgan fingerprint density at radius 3 is 2.58 bits per heavy atom. The number of hydrogen-bond donors (Lipinski definition) is 3. The number of nitrogens with one attached hydrogen (secondary N) is 2. The first-order valence-corrected chi connectivity index (χ1v) is 6.97. The van der Waals surface area contributed by atoms with E-state index in [9.17, 15) is 9.90 Å². The Hall–Kier alpha value is -1.11. The Balaban J connectivity index is 1.79. The lowest BCUT2D eigenvalue weighted by atomic mass is 9.94. The minimum atomic E-state index is -0.852. The second-order valence-corrected chi connectivity index (χ2v) is 5.57. The lowest BCUT2D eigenvalue weighted by Gasteiger charge is -2.32. The molecule has 2 rings (SSSR count). The number of anilines is 1. The molecule has 1 saturated heterocycles. The lowest BCUT2D eigenvalue weighted by molar-refractivity contribution is -0.0598. The number of amides is 2. The van der Waals surface area contributed by atoms with Crippen LogP contribution in [0.3, 0.4) is 0 Å². The van der Waals surface area contributed by atoms with Crippen LogP contribution in [0.15, 0.2) is 28.7 Å². The number of urea groups is 1. The molecule has 0 aliphatic carbocycles. The third-order valence-corrected chi connectivity index (χ3v) is 3.63. The summed E-state index contributed by atoms with van der Waals surface area (Å²) in [5.74, 6) is 0. The van der Waals surface area contributed by atoms with Gasteiger partial charge < -0.3 is 20.5 Å². The Bertz CT molecular complexity index is 430. The molecule has 1 aromatic carbocycles. The molecule has 0 radical (unpaired) electrons. The molecule has 1 aliphatic rings. The second-order valence-electron chi connectivity index (χ2n) is 4.65. The van der Waals surface area contributed by atoms with Gasteiger partial charge in [0.1, 0.15) is 0 Å². The number of carbonyl (C=O) groups is 1. The van der Waals surface area contributed by atoms with Crippen molar-refractivity contribution in [3.63, 3.8) is 0 Å². The normalized spacial score (nSPS) is 17.8. The number of hydrogen-bond acceptors (Lipinski definition) is 3. The van der Waals surface area contributed by atoms with Crippen LogP contribution in [-0.2, 0) is 4.74 Å². The first-order chi connectivity index (χ1) is 9.07. The van der Waals surface area contributed by atoms with Gasteiger partial charge in [0.25, 0.3) is 0 Å². The lowest BCUT2D eigenvalue weighted by Crippen LogP contribution is -2.47. The van der Waals surface area contributed by atoms with Gasteiger partial charge in [-0.2, -0.15) is 0 Å². The maximum absolute atomic E-state index is 11.7. The van der Waals surface area contributed by atoms with Crippen molar-refractivity contribution in [2.24, 2.45) is 0 Å². The third-order valence-electron chi connectivity index (χ3n) is 3.10. The summed E-state index contributed by atoms with van der Waals surface area (Å²) >= 11 is 3.33. The van der Waals surface area contributed by atoms with Crippen LogP contribution in [-0.4, -0.2) is 36.5 Å². The molecule has 104 valence electrons. The summed E-state index contributed by atoms with van der Waals surface area (Å²) in [6, 6.07) is 6.98. The molecular weight excluding hydrogens is 312 g/mol. The minimum absolute atomic E-state index is 0.235. The maximum atomic E-state index is 11.7. The number of aliphatic hydroxyl groups is 1. The SMILES string of the molecule is O=C(NCC1(O)CCOCC1)Nc1ccc(Br)cc1. The highest BCUT2D eigenvalue weighted by Gasteiger charge is 2.30. The van der Waals surface area contributed by atoms with Gasteiger partial charge in [0.05, 0.1) is 5.60 Å². The summed E-state index contributed by atoms with van der Waals surface area (Å²) in [5.41, 5.74) is -0.144. The summed E-state index contributed by atoms with van der Waals surface area (Å²) < 4.78 is 6.14. The molecule has 3 N–H and O–H groups in total. The number of halogens is 1. The molecule has 1 fully saturated rings. The van der Waals surface area contributed by atoms with Gasteiger partial charge in [-0.15, -0.1) is 0 Å². The molecule has 0 unspecified atom stereocenters. The summed E-state index contributed by atoms with van der Waals surface area (Å²) in [5, 5.41) is 15.6. The number of carbonyl (C=O) groups excluding carboxylic acids is 1. The van der Waals surface area contributed by atoms with Crippen LogP contribution in [0, 0.1) is 0 Å². The fourth-order valence-corrected chi connectivity index (χ4v) is 2.15. The Kier molecular flexibility index (Phi) is 4.79. The van der Waals surface area contributed by atoms with Crippen molar-refractivity contribution in [3.8, 4) is 0 Å². The van der Waals surface area contributed by atoms with E-state index in [1.807, 2.05) is 12.1 Å². The first-order valence-electron chi connectivity index (χ1n) is 6.18. The van der Waals surface area contributed by atoms with Crippen molar-refractivity contribution in [1.29, 1.82) is 0 Å². The highest BCUT2D eigenvalue weighted by atomic mass is 79.9. The van der Waals surface area contributed by atoms with E-state index < -0.39 is 5.60 Å². The van der Waals surface area contributed by atoms with Gasteiger partial charge in [0, 0.05) is 42.8 Å². The van der Waals surface area contributed by atoms with E-state index in [0.29, 0.717) is 31.7 Å². The zero-order valence-corrected chi connectivity index (χ0v) is 12.1. The van der Waals surface area contributed by atoms with Crippen molar-refractivity contribution < 1.29 is 14.6 Å². The molecule has 0 saturated carbocycles. The molecule has 0 aromatic heterocycles. The van der Waals surface area contributed by atoms with E-state index >= 15 is 0 Å². The standard InChI is InChI=1S/C13H17BrN2O3/c14-10-1-3-11(4-2-10)16-12(17)15-9-13(18)5-7-19-8-6-13/h1-4,18H,5-9H2,(H2,15,16,17). The quantitative estimate of drug-likeness (QED) is 0.795. The average Bonchev–Trinajstić information content (AvgIpc) is 2.40. The molecule has 2 amide bonds. The predicted octanol–water partition coefficient (Wildman–Crippen LogP) is 2.11. The molecule has 0 bridgehead atoms. The van der Waals surface area contributed by atoms with Gasteiger partial charge >= 0.3 is 6.03 Å². The van der Waals surface area contributed by atoms with E-state index in [0.717, 1.165) is 4.47 Å². The summed E-state index contributed by atoms with van der Waals surface area (Å²) in [7, 11) is 0. The Labute approximate surface area is 120 Å². The summed E-state index contributed by atoms with van der Waals surface area (Å²) in [6.45, 7) is 1.30. The van der Waals surface area contributed by atoms with Crippen LogP contribution < -0.4 is 10.6 Å². The fourth-order valence-electron chi connectivity index (χ4n) is 1.88. The molecule has 1 heterocycles. The number of ether oxygens (including phenoxy) is 1. The topological polar surface area (TPSA) is 70.6 Å². The fraction of sp³-hybridized carbons (Fsp3) is 0.462. The predicted molar refractivity (Wildman–Crippen MR) is 76.2 cm³/mol. The van der Waals surface area contributed by atoms with Gasteiger partial charge in [0.15, 0.2) is 0 Å². The van der Waals surface area contributed by atoms with Gasteiger partial charge in [-0.25, -0.2) is 4.79 Å². The van der Waals surface area contributed by atoms with Crippen LogP contribution in [0.25, 0.3) is 0 Å². The summed E-state index contributed by atoms with van der Waals surface area (Å²) in [6.07, 6.45) is 1.09. The van der Waals surface area contributed by atoms with Crippen LogP contribution in [0.5, 0.6) is 0 Å².